The fraction of sp³-hybridized carbons (Fsp3) is 0.357. The molecule has 6 nitrogen and oxygen atoms in total. The van der Waals surface area contributed by atoms with Gasteiger partial charge in [-0.3, -0.25) is 0 Å². The van der Waals surface area contributed by atoms with Gasteiger partial charge < -0.3 is 4.57 Å². The molecule has 22 heavy (non-hydrogen) atoms. The highest BCUT2D eigenvalue weighted by atomic mass is 35.5. The van der Waals surface area contributed by atoms with E-state index in [4.69, 9.17) is 11.6 Å². The van der Waals surface area contributed by atoms with E-state index in [9.17, 15) is 8.42 Å². The number of imidazole rings is 1. The molecule has 0 aliphatic heterocycles. The third-order valence-corrected chi connectivity index (χ3v) is 4.53. The number of halogens is 1. The zero-order valence-electron chi connectivity index (χ0n) is 12.2. The minimum Gasteiger partial charge on any atom is -0.329 e. The first-order valence-electron chi connectivity index (χ1n) is 6.99. The molecule has 0 aliphatic carbocycles. The van der Waals surface area contributed by atoms with Gasteiger partial charge in [-0.2, -0.15) is 13.1 Å². The van der Waals surface area contributed by atoms with Crippen molar-refractivity contribution in [2.24, 2.45) is 0 Å². The Morgan fingerprint density at radius 2 is 2.00 bits per heavy atom. The molecule has 0 radical (unpaired) electrons. The summed E-state index contributed by atoms with van der Waals surface area (Å²) in [6.07, 6.45) is 5.86. The zero-order valence-corrected chi connectivity index (χ0v) is 13.8. The summed E-state index contributed by atoms with van der Waals surface area (Å²) >= 11 is 5.91. The van der Waals surface area contributed by atoms with E-state index in [0.29, 0.717) is 11.6 Å². The van der Waals surface area contributed by atoms with E-state index >= 15 is 0 Å². The van der Waals surface area contributed by atoms with Gasteiger partial charge in [0, 0.05) is 30.5 Å². The molecule has 0 bridgehead atoms. The fourth-order valence-electron chi connectivity index (χ4n) is 2.01. The molecule has 1 aromatic heterocycles. The first-order chi connectivity index (χ1) is 10.5. The van der Waals surface area contributed by atoms with E-state index in [0.717, 1.165) is 12.0 Å². The predicted octanol–water partition coefficient (Wildman–Crippen LogP) is 1.96. The number of nitrogens with one attached hydrogen (secondary N) is 2. The smallest absolute Gasteiger partial charge is 0.276 e. The number of rotatable bonds is 8. The maximum absolute atomic E-state index is 11.9. The van der Waals surface area contributed by atoms with Crippen molar-refractivity contribution in [3.8, 4) is 0 Å². The third kappa shape index (κ3) is 4.81. The highest BCUT2D eigenvalue weighted by molar-refractivity contribution is 7.87. The number of nitrogens with zero attached hydrogens (tertiary/aromatic N) is 2. The van der Waals surface area contributed by atoms with E-state index < -0.39 is 10.2 Å². The van der Waals surface area contributed by atoms with Crippen LogP contribution in [0.25, 0.3) is 0 Å². The van der Waals surface area contributed by atoms with Crippen LogP contribution < -0.4 is 9.44 Å². The molecule has 8 heteroatoms. The summed E-state index contributed by atoms with van der Waals surface area (Å²) in [6.45, 7) is 2.54. The topological polar surface area (TPSA) is 76.0 Å². The highest BCUT2D eigenvalue weighted by Gasteiger charge is 2.17. The molecule has 0 amide bonds. The van der Waals surface area contributed by atoms with Crippen molar-refractivity contribution in [3.05, 3.63) is 53.6 Å². The van der Waals surface area contributed by atoms with Crippen molar-refractivity contribution in [2.75, 3.05) is 13.1 Å². The van der Waals surface area contributed by atoms with Gasteiger partial charge in [-0.05, 0) is 24.1 Å². The first-order valence-corrected chi connectivity index (χ1v) is 8.85. The number of aromatic nitrogens is 2. The molecule has 0 fully saturated rings. The van der Waals surface area contributed by atoms with Crippen LogP contribution in [0.5, 0.6) is 0 Å². The van der Waals surface area contributed by atoms with Crippen LogP contribution in [0.2, 0.25) is 5.02 Å². The first kappa shape index (κ1) is 17.0. The Hall–Kier alpha value is -1.41. The lowest BCUT2D eigenvalue weighted by atomic mass is 10.1. The quantitative estimate of drug-likeness (QED) is 0.770. The van der Waals surface area contributed by atoms with E-state index in [-0.39, 0.29) is 12.6 Å². The normalized spacial score (nSPS) is 13.2. The van der Waals surface area contributed by atoms with Crippen molar-refractivity contribution >= 4 is 21.8 Å². The summed E-state index contributed by atoms with van der Waals surface area (Å²) < 4.78 is 30.7. The monoisotopic (exact) mass is 342 g/mol. The Balaban J connectivity index is 2.14. The van der Waals surface area contributed by atoms with Gasteiger partial charge in [-0.1, -0.05) is 30.7 Å². The van der Waals surface area contributed by atoms with Crippen LogP contribution in [-0.2, 0) is 10.2 Å². The highest BCUT2D eigenvalue weighted by Crippen LogP contribution is 2.20. The molecule has 2 N–H and O–H groups in total. The predicted molar refractivity (Wildman–Crippen MR) is 87.0 cm³/mol. The van der Waals surface area contributed by atoms with E-state index in [1.165, 1.54) is 0 Å². The molecule has 1 aromatic carbocycles. The van der Waals surface area contributed by atoms with Gasteiger partial charge in [0.25, 0.3) is 10.2 Å². The van der Waals surface area contributed by atoms with Crippen molar-refractivity contribution in [3.63, 3.8) is 0 Å². The van der Waals surface area contributed by atoms with Gasteiger partial charge in [0.15, 0.2) is 0 Å². The lowest BCUT2D eigenvalue weighted by Crippen LogP contribution is -2.40. The fourth-order valence-corrected chi connectivity index (χ4v) is 3.09. The minimum absolute atomic E-state index is 0.196. The van der Waals surface area contributed by atoms with Crippen LogP contribution in [0, 0.1) is 0 Å². The Bertz CT molecular complexity index is 671. The molecule has 0 unspecified atom stereocenters. The molecule has 0 saturated heterocycles. The van der Waals surface area contributed by atoms with E-state index in [1.54, 1.807) is 30.9 Å². The molecule has 2 aromatic rings. The number of hydrogen-bond donors (Lipinski definition) is 2. The minimum atomic E-state index is -3.51. The second-order valence-electron chi connectivity index (χ2n) is 4.82. The summed E-state index contributed by atoms with van der Waals surface area (Å²) in [4.78, 5) is 4.02. The van der Waals surface area contributed by atoms with E-state index in [2.05, 4.69) is 14.4 Å². The van der Waals surface area contributed by atoms with Crippen molar-refractivity contribution in [1.29, 1.82) is 0 Å². The Kier molecular flexibility index (Phi) is 5.96. The summed E-state index contributed by atoms with van der Waals surface area (Å²) in [5.74, 6) is 0. The van der Waals surface area contributed by atoms with Gasteiger partial charge in [-0.25, -0.2) is 9.71 Å². The molecule has 1 heterocycles. The molecule has 0 saturated carbocycles. The second-order valence-corrected chi connectivity index (χ2v) is 6.84. The lowest BCUT2D eigenvalue weighted by Gasteiger charge is -2.20. The Morgan fingerprint density at radius 3 is 2.59 bits per heavy atom. The number of hydrogen-bond acceptors (Lipinski definition) is 3. The SMILES string of the molecule is CCCNS(=O)(=O)NC[C@@H](c1ccc(Cl)cc1)n1ccnc1. The summed E-state index contributed by atoms with van der Waals surface area (Å²) in [6, 6.07) is 7.12. The molecule has 120 valence electrons. The third-order valence-electron chi connectivity index (χ3n) is 3.15. The summed E-state index contributed by atoms with van der Waals surface area (Å²) in [7, 11) is -3.51. The maximum atomic E-state index is 11.9. The van der Waals surface area contributed by atoms with Crippen molar-refractivity contribution in [1.82, 2.24) is 19.0 Å². The summed E-state index contributed by atoms with van der Waals surface area (Å²) in [5, 5.41) is 0.637. The lowest BCUT2D eigenvalue weighted by molar-refractivity contribution is 0.533. The van der Waals surface area contributed by atoms with Gasteiger partial charge in [0.05, 0.1) is 12.4 Å². The zero-order chi connectivity index (χ0) is 16.0. The van der Waals surface area contributed by atoms with Gasteiger partial charge >= 0.3 is 0 Å². The Morgan fingerprint density at radius 1 is 1.27 bits per heavy atom. The maximum Gasteiger partial charge on any atom is 0.276 e. The molecule has 1 atom stereocenters. The average molecular weight is 343 g/mol. The molecular formula is C14H19ClN4O2S. The van der Waals surface area contributed by atoms with Crippen molar-refractivity contribution < 1.29 is 8.42 Å². The van der Waals surface area contributed by atoms with Crippen LogP contribution in [0.4, 0.5) is 0 Å². The van der Waals surface area contributed by atoms with Crippen molar-refractivity contribution in [2.45, 2.75) is 19.4 Å². The molecule has 0 spiro atoms. The van der Waals surface area contributed by atoms with Crippen LogP contribution in [0.3, 0.4) is 0 Å². The summed E-state index contributed by atoms with van der Waals surface area (Å²) in [5.41, 5.74) is 0.945. The van der Waals surface area contributed by atoms with Crippen LogP contribution in [-0.4, -0.2) is 31.1 Å². The second kappa shape index (κ2) is 7.73. The van der Waals surface area contributed by atoms with Gasteiger partial charge in [-0.15, -0.1) is 0 Å². The largest absolute Gasteiger partial charge is 0.329 e. The molecule has 2 rings (SSSR count). The van der Waals surface area contributed by atoms with Crippen LogP contribution in [0.15, 0.2) is 43.0 Å². The van der Waals surface area contributed by atoms with E-state index in [1.807, 2.05) is 23.6 Å². The molecule has 0 aliphatic rings. The average Bonchev–Trinajstić information content (AvgIpc) is 3.01. The number of benzene rings is 1. The standard InChI is InChI=1S/C14H19ClN4O2S/c1-2-7-17-22(20,21)18-10-14(19-9-8-16-11-19)12-3-5-13(15)6-4-12/h3-6,8-9,11,14,17-18H,2,7,10H2,1H3/t14-/m0/s1. The van der Waals surface area contributed by atoms with Crippen LogP contribution >= 0.6 is 11.6 Å². The Labute approximate surface area is 135 Å². The van der Waals surface area contributed by atoms with Crippen LogP contribution in [0.1, 0.15) is 24.9 Å². The molecular weight excluding hydrogens is 324 g/mol. The van der Waals surface area contributed by atoms with Gasteiger partial charge in [0.1, 0.15) is 0 Å². The van der Waals surface area contributed by atoms with Gasteiger partial charge in [0.2, 0.25) is 0 Å².